The second-order valence-corrected chi connectivity index (χ2v) is 8.69. The predicted octanol–water partition coefficient (Wildman–Crippen LogP) is 3.14. The molecule has 5 nitrogen and oxygen atoms in total. The number of rotatable bonds is 4. The minimum atomic E-state index is -0.949. The van der Waals surface area contributed by atoms with E-state index in [1.165, 1.54) is 12.1 Å². The number of likely N-dealkylation sites (tertiary alicyclic amines) is 1. The Bertz CT molecular complexity index is 923. The zero-order valence-electron chi connectivity index (χ0n) is 17.5. The first-order chi connectivity index (χ1) is 14.3. The Kier molecular flexibility index (Phi) is 5.66. The summed E-state index contributed by atoms with van der Waals surface area (Å²) in [5, 5.41) is 21.8. The van der Waals surface area contributed by atoms with Gasteiger partial charge in [-0.3, -0.25) is 4.79 Å². The van der Waals surface area contributed by atoms with E-state index in [1.54, 1.807) is 19.1 Å². The molecule has 2 aromatic rings. The quantitative estimate of drug-likeness (QED) is 0.810. The monoisotopic (exact) mass is 412 g/mol. The molecule has 1 fully saturated rings. The van der Waals surface area contributed by atoms with Crippen LogP contribution in [-0.4, -0.2) is 46.7 Å². The van der Waals surface area contributed by atoms with Crippen LogP contribution < -0.4 is 4.90 Å². The van der Waals surface area contributed by atoms with Crippen LogP contribution in [0.2, 0.25) is 0 Å². The van der Waals surface area contributed by atoms with Crippen LogP contribution in [0.15, 0.2) is 42.5 Å². The lowest BCUT2D eigenvalue weighted by molar-refractivity contribution is -0.116. The van der Waals surface area contributed by atoms with Crippen molar-refractivity contribution in [3.8, 4) is 0 Å². The number of β-amino-alcohol motifs (C(OH)–C–C–N with tert-alkyl or cyclic N) is 1. The van der Waals surface area contributed by atoms with Crippen molar-refractivity contribution >= 4 is 11.6 Å². The summed E-state index contributed by atoms with van der Waals surface area (Å²) in [6, 6.07) is 12.0. The van der Waals surface area contributed by atoms with Crippen LogP contribution in [0.5, 0.6) is 0 Å². The number of carbonyl (C=O) groups excluding carboxylic acids is 1. The van der Waals surface area contributed by atoms with Gasteiger partial charge in [-0.1, -0.05) is 24.3 Å². The van der Waals surface area contributed by atoms with Gasteiger partial charge in [0.05, 0.1) is 11.7 Å². The lowest BCUT2D eigenvalue weighted by Crippen LogP contribution is -2.44. The molecule has 2 atom stereocenters. The molecule has 0 saturated carbocycles. The van der Waals surface area contributed by atoms with Crippen molar-refractivity contribution in [2.45, 2.75) is 50.9 Å². The lowest BCUT2D eigenvalue weighted by atomic mass is 9.84. The number of halogens is 1. The second kappa shape index (κ2) is 8.10. The average Bonchev–Trinajstić information content (AvgIpc) is 3.05. The van der Waals surface area contributed by atoms with Crippen molar-refractivity contribution in [3.05, 3.63) is 65.0 Å². The van der Waals surface area contributed by atoms with E-state index in [1.807, 2.05) is 30.0 Å². The van der Waals surface area contributed by atoms with Crippen LogP contribution in [-0.2, 0) is 16.8 Å². The van der Waals surface area contributed by atoms with E-state index in [9.17, 15) is 19.4 Å². The molecule has 1 amide bonds. The van der Waals surface area contributed by atoms with Crippen molar-refractivity contribution in [3.63, 3.8) is 0 Å². The van der Waals surface area contributed by atoms with E-state index in [0.29, 0.717) is 32.5 Å². The fourth-order valence-electron chi connectivity index (χ4n) is 4.84. The summed E-state index contributed by atoms with van der Waals surface area (Å²) in [6.45, 7) is 5.42. The molecule has 2 heterocycles. The van der Waals surface area contributed by atoms with Crippen molar-refractivity contribution in [1.29, 1.82) is 0 Å². The van der Waals surface area contributed by atoms with Crippen molar-refractivity contribution in [2.75, 3.05) is 24.5 Å². The maximum Gasteiger partial charge on any atom is 0.224 e. The number of fused-ring (bicyclic) bond motifs is 1. The second-order valence-electron chi connectivity index (χ2n) is 8.69. The molecule has 2 unspecified atom stereocenters. The van der Waals surface area contributed by atoms with E-state index in [-0.39, 0.29) is 17.8 Å². The molecule has 2 aromatic carbocycles. The van der Waals surface area contributed by atoms with Gasteiger partial charge in [0.15, 0.2) is 0 Å². The van der Waals surface area contributed by atoms with E-state index in [0.717, 1.165) is 28.8 Å². The zero-order valence-corrected chi connectivity index (χ0v) is 17.5. The molecule has 2 aliphatic heterocycles. The lowest BCUT2D eigenvalue weighted by Gasteiger charge is -2.39. The Morgan fingerprint density at radius 3 is 2.50 bits per heavy atom. The minimum absolute atomic E-state index is 0.0384. The third-order valence-corrected chi connectivity index (χ3v) is 6.54. The van der Waals surface area contributed by atoms with Crippen LogP contribution in [0.25, 0.3) is 0 Å². The molecule has 2 N–H and O–H groups in total. The molecule has 0 spiro atoms. The molecule has 4 rings (SSSR count). The first-order valence-electron chi connectivity index (χ1n) is 10.6. The summed E-state index contributed by atoms with van der Waals surface area (Å²) < 4.78 is 13.2. The Morgan fingerprint density at radius 1 is 1.20 bits per heavy atom. The van der Waals surface area contributed by atoms with E-state index in [2.05, 4.69) is 4.90 Å². The maximum atomic E-state index is 13.2. The van der Waals surface area contributed by atoms with Crippen LogP contribution in [0.1, 0.15) is 49.5 Å². The highest BCUT2D eigenvalue weighted by atomic mass is 19.1. The first-order valence-corrected chi connectivity index (χ1v) is 10.6. The molecule has 0 aliphatic carbocycles. The van der Waals surface area contributed by atoms with Gasteiger partial charge >= 0.3 is 0 Å². The van der Waals surface area contributed by atoms with Crippen LogP contribution in [0.4, 0.5) is 10.1 Å². The van der Waals surface area contributed by atoms with Gasteiger partial charge in [-0.2, -0.15) is 0 Å². The number of hydrogen-bond acceptors (Lipinski definition) is 4. The average molecular weight is 413 g/mol. The van der Waals surface area contributed by atoms with E-state index in [4.69, 9.17) is 0 Å². The fourth-order valence-corrected chi connectivity index (χ4v) is 4.84. The van der Waals surface area contributed by atoms with Gasteiger partial charge < -0.3 is 20.0 Å². The topological polar surface area (TPSA) is 64.0 Å². The largest absolute Gasteiger partial charge is 0.387 e. The van der Waals surface area contributed by atoms with Gasteiger partial charge in [0.1, 0.15) is 5.82 Å². The Hall–Kier alpha value is -2.28. The summed E-state index contributed by atoms with van der Waals surface area (Å²) in [5.74, 6) is -0.269. The molecule has 2 aliphatic rings. The first kappa shape index (κ1) is 21.0. The molecular weight excluding hydrogens is 383 g/mol. The van der Waals surface area contributed by atoms with Gasteiger partial charge in [0.25, 0.3) is 0 Å². The van der Waals surface area contributed by atoms with Crippen LogP contribution in [0, 0.1) is 5.82 Å². The molecule has 30 heavy (non-hydrogen) atoms. The number of hydrogen-bond donors (Lipinski definition) is 2. The van der Waals surface area contributed by atoms with E-state index >= 15 is 0 Å². The number of benzene rings is 2. The van der Waals surface area contributed by atoms with Gasteiger partial charge in [-0.25, -0.2) is 4.39 Å². The fraction of sp³-hybridized carbons (Fsp3) is 0.458. The molecule has 6 heteroatoms. The van der Waals surface area contributed by atoms with Gasteiger partial charge in [0.2, 0.25) is 5.91 Å². The third-order valence-electron chi connectivity index (χ3n) is 6.54. The van der Waals surface area contributed by atoms with Crippen molar-refractivity contribution in [1.82, 2.24) is 4.90 Å². The summed E-state index contributed by atoms with van der Waals surface area (Å²) in [4.78, 5) is 15.9. The normalized spacial score (nSPS) is 22.0. The van der Waals surface area contributed by atoms with Crippen molar-refractivity contribution in [2.24, 2.45) is 0 Å². The highest BCUT2D eigenvalue weighted by Crippen LogP contribution is 2.36. The van der Waals surface area contributed by atoms with Gasteiger partial charge in [-0.15, -0.1) is 0 Å². The molecule has 1 saturated heterocycles. The standard InChI is InChI=1S/C24H29FN2O3/c1-16-13-19-14-18(3-8-22(19)27(16)17(2)28)23(29)15-26-11-9-24(30,10-12-26)20-4-6-21(25)7-5-20/h3-8,14,16,23,29-30H,9-13,15H2,1-2H3. The minimum Gasteiger partial charge on any atom is -0.387 e. The maximum absolute atomic E-state index is 13.2. The Balaban J connectivity index is 1.39. The summed E-state index contributed by atoms with van der Waals surface area (Å²) in [5.41, 5.74) is 2.68. The van der Waals surface area contributed by atoms with Crippen LogP contribution >= 0.6 is 0 Å². The van der Waals surface area contributed by atoms with Crippen LogP contribution in [0.3, 0.4) is 0 Å². The van der Waals surface area contributed by atoms with Gasteiger partial charge in [0, 0.05) is 38.3 Å². The number of nitrogens with zero attached hydrogens (tertiary/aromatic N) is 2. The number of amides is 1. The summed E-state index contributed by atoms with van der Waals surface area (Å²) in [7, 11) is 0. The Morgan fingerprint density at radius 2 is 1.87 bits per heavy atom. The smallest absolute Gasteiger partial charge is 0.224 e. The molecular formula is C24H29FN2O3. The Labute approximate surface area is 176 Å². The number of aliphatic hydroxyl groups excluding tert-OH is 1. The highest BCUT2D eigenvalue weighted by Gasteiger charge is 2.35. The molecule has 0 aromatic heterocycles. The zero-order chi connectivity index (χ0) is 21.5. The molecule has 0 bridgehead atoms. The number of aliphatic hydroxyl groups is 2. The van der Waals surface area contributed by atoms with Crippen molar-refractivity contribution < 1.29 is 19.4 Å². The number of piperidine rings is 1. The number of anilines is 1. The third kappa shape index (κ3) is 4.00. The molecule has 160 valence electrons. The predicted molar refractivity (Wildman–Crippen MR) is 114 cm³/mol. The van der Waals surface area contributed by atoms with Gasteiger partial charge in [-0.05, 0) is 61.1 Å². The molecule has 0 radical (unpaired) electrons. The summed E-state index contributed by atoms with van der Waals surface area (Å²) >= 11 is 0. The summed E-state index contributed by atoms with van der Waals surface area (Å²) in [6.07, 6.45) is 1.25. The van der Waals surface area contributed by atoms with E-state index < -0.39 is 11.7 Å². The number of carbonyl (C=O) groups is 1. The SMILES string of the molecule is CC(=O)N1c2ccc(C(O)CN3CCC(O)(c4ccc(F)cc4)CC3)cc2CC1C. The highest BCUT2D eigenvalue weighted by molar-refractivity contribution is 5.94.